The Morgan fingerprint density at radius 1 is 1.17 bits per heavy atom. The van der Waals surface area contributed by atoms with Crippen molar-refractivity contribution in [2.24, 2.45) is 5.92 Å². The summed E-state index contributed by atoms with van der Waals surface area (Å²) >= 11 is 0. The lowest BCUT2D eigenvalue weighted by Crippen LogP contribution is -2.38. The molecule has 0 unspecified atom stereocenters. The van der Waals surface area contributed by atoms with Crippen LogP contribution in [0.2, 0.25) is 0 Å². The van der Waals surface area contributed by atoms with Crippen LogP contribution in [0, 0.1) is 5.92 Å². The van der Waals surface area contributed by atoms with Gasteiger partial charge in [-0.2, -0.15) is 0 Å². The van der Waals surface area contributed by atoms with Crippen LogP contribution in [-0.2, 0) is 4.74 Å². The lowest BCUT2D eigenvalue weighted by atomic mass is 10.2. The van der Waals surface area contributed by atoms with E-state index in [0.29, 0.717) is 12.1 Å². The minimum Gasteiger partial charge on any atom is -0.379 e. The van der Waals surface area contributed by atoms with E-state index < -0.39 is 0 Å². The van der Waals surface area contributed by atoms with E-state index in [9.17, 15) is 0 Å². The summed E-state index contributed by atoms with van der Waals surface area (Å²) in [7, 11) is 0. The summed E-state index contributed by atoms with van der Waals surface area (Å²) in [6, 6.07) is 0.677. The SMILES string of the molecule is CC(C)OCCCNCCN(CC1CC1)C(C)C. The van der Waals surface area contributed by atoms with Crippen molar-refractivity contribution in [1.82, 2.24) is 10.2 Å². The van der Waals surface area contributed by atoms with Crippen molar-refractivity contribution < 1.29 is 4.74 Å². The van der Waals surface area contributed by atoms with Gasteiger partial charge in [-0.3, -0.25) is 4.90 Å². The molecule has 0 radical (unpaired) electrons. The van der Waals surface area contributed by atoms with Gasteiger partial charge in [0.05, 0.1) is 6.10 Å². The molecule has 1 aliphatic rings. The van der Waals surface area contributed by atoms with Crippen LogP contribution >= 0.6 is 0 Å². The number of nitrogens with zero attached hydrogens (tertiary/aromatic N) is 1. The van der Waals surface area contributed by atoms with Crippen LogP contribution in [0.3, 0.4) is 0 Å². The molecule has 0 aliphatic heterocycles. The van der Waals surface area contributed by atoms with Crippen LogP contribution in [0.4, 0.5) is 0 Å². The summed E-state index contributed by atoms with van der Waals surface area (Å²) in [5.74, 6) is 0.992. The molecule has 0 heterocycles. The van der Waals surface area contributed by atoms with E-state index in [1.54, 1.807) is 0 Å². The second-order valence-corrected chi connectivity index (χ2v) is 6.06. The first-order valence-electron chi connectivity index (χ1n) is 7.66. The topological polar surface area (TPSA) is 24.5 Å². The van der Waals surface area contributed by atoms with Gasteiger partial charge in [-0.05, 0) is 59.4 Å². The number of ether oxygens (including phenoxy) is 1. The third-order valence-electron chi connectivity index (χ3n) is 3.44. The smallest absolute Gasteiger partial charge is 0.0518 e. The zero-order chi connectivity index (χ0) is 13.4. The molecule has 1 N–H and O–H groups in total. The molecular formula is C15H32N2O. The van der Waals surface area contributed by atoms with Crippen molar-refractivity contribution in [2.75, 3.05) is 32.8 Å². The Morgan fingerprint density at radius 2 is 1.89 bits per heavy atom. The summed E-state index contributed by atoms with van der Waals surface area (Å²) in [6.45, 7) is 14.3. The summed E-state index contributed by atoms with van der Waals surface area (Å²) in [6.07, 6.45) is 4.37. The molecule has 1 rings (SSSR count). The van der Waals surface area contributed by atoms with E-state index in [4.69, 9.17) is 4.74 Å². The van der Waals surface area contributed by atoms with Gasteiger partial charge in [0.1, 0.15) is 0 Å². The second kappa shape index (κ2) is 8.89. The van der Waals surface area contributed by atoms with E-state index in [0.717, 1.165) is 32.0 Å². The Balaban J connectivity index is 1.94. The molecule has 1 aliphatic carbocycles. The predicted octanol–water partition coefficient (Wildman–Crippen LogP) is 2.51. The number of nitrogens with one attached hydrogen (secondary N) is 1. The summed E-state index contributed by atoms with van der Waals surface area (Å²) in [4.78, 5) is 2.61. The van der Waals surface area contributed by atoms with Crippen molar-refractivity contribution in [2.45, 2.75) is 59.1 Å². The highest BCUT2D eigenvalue weighted by Gasteiger charge is 2.24. The van der Waals surface area contributed by atoms with Gasteiger partial charge in [0.15, 0.2) is 0 Å². The Kier molecular flexibility index (Phi) is 7.87. The first kappa shape index (κ1) is 15.9. The maximum absolute atomic E-state index is 5.52. The van der Waals surface area contributed by atoms with E-state index in [2.05, 4.69) is 37.9 Å². The summed E-state index contributed by atoms with van der Waals surface area (Å²) in [5.41, 5.74) is 0. The monoisotopic (exact) mass is 256 g/mol. The normalized spacial score (nSPS) is 16.2. The van der Waals surface area contributed by atoms with Gasteiger partial charge in [-0.15, -0.1) is 0 Å². The molecule has 0 aromatic rings. The fourth-order valence-corrected chi connectivity index (χ4v) is 2.06. The van der Waals surface area contributed by atoms with E-state index >= 15 is 0 Å². The third-order valence-corrected chi connectivity index (χ3v) is 3.44. The minimum absolute atomic E-state index is 0.361. The maximum Gasteiger partial charge on any atom is 0.0518 e. The van der Waals surface area contributed by atoms with Gasteiger partial charge in [-0.25, -0.2) is 0 Å². The van der Waals surface area contributed by atoms with Crippen LogP contribution < -0.4 is 5.32 Å². The molecular weight excluding hydrogens is 224 g/mol. The molecule has 0 aromatic carbocycles. The molecule has 0 saturated heterocycles. The Morgan fingerprint density at radius 3 is 2.44 bits per heavy atom. The van der Waals surface area contributed by atoms with Crippen molar-refractivity contribution in [1.29, 1.82) is 0 Å². The molecule has 3 nitrogen and oxygen atoms in total. The van der Waals surface area contributed by atoms with Gasteiger partial charge < -0.3 is 10.1 Å². The molecule has 0 aromatic heterocycles. The van der Waals surface area contributed by atoms with Crippen LogP contribution in [0.1, 0.15) is 47.0 Å². The van der Waals surface area contributed by atoms with E-state index in [1.807, 2.05) is 0 Å². The average molecular weight is 256 g/mol. The van der Waals surface area contributed by atoms with Gasteiger partial charge in [0.25, 0.3) is 0 Å². The van der Waals surface area contributed by atoms with Crippen LogP contribution in [-0.4, -0.2) is 49.8 Å². The van der Waals surface area contributed by atoms with Crippen molar-refractivity contribution in [3.63, 3.8) is 0 Å². The summed E-state index contributed by atoms with van der Waals surface area (Å²) < 4.78 is 5.52. The minimum atomic E-state index is 0.361. The summed E-state index contributed by atoms with van der Waals surface area (Å²) in [5, 5.41) is 3.52. The van der Waals surface area contributed by atoms with Gasteiger partial charge in [-0.1, -0.05) is 0 Å². The van der Waals surface area contributed by atoms with Gasteiger partial charge >= 0.3 is 0 Å². The highest BCUT2D eigenvalue weighted by molar-refractivity contribution is 4.79. The Bertz CT molecular complexity index is 203. The van der Waals surface area contributed by atoms with Gasteiger partial charge in [0, 0.05) is 32.3 Å². The molecule has 0 bridgehead atoms. The van der Waals surface area contributed by atoms with Crippen LogP contribution in [0.5, 0.6) is 0 Å². The fraction of sp³-hybridized carbons (Fsp3) is 1.00. The Labute approximate surface area is 113 Å². The fourth-order valence-electron chi connectivity index (χ4n) is 2.06. The molecule has 108 valence electrons. The number of hydrogen-bond donors (Lipinski definition) is 1. The predicted molar refractivity (Wildman–Crippen MR) is 78.0 cm³/mol. The first-order valence-corrected chi connectivity index (χ1v) is 7.66. The van der Waals surface area contributed by atoms with E-state index in [1.165, 1.54) is 25.9 Å². The number of rotatable bonds is 11. The van der Waals surface area contributed by atoms with Crippen molar-refractivity contribution in [3.05, 3.63) is 0 Å². The van der Waals surface area contributed by atoms with Crippen LogP contribution in [0.15, 0.2) is 0 Å². The van der Waals surface area contributed by atoms with Crippen molar-refractivity contribution >= 4 is 0 Å². The molecule has 18 heavy (non-hydrogen) atoms. The van der Waals surface area contributed by atoms with Crippen LogP contribution in [0.25, 0.3) is 0 Å². The zero-order valence-corrected chi connectivity index (χ0v) is 12.7. The average Bonchev–Trinajstić information content (AvgIpc) is 3.09. The highest BCUT2D eigenvalue weighted by atomic mass is 16.5. The van der Waals surface area contributed by atoms with Gasteiger partial charge in [0.2, 0.25) is 0 Å². The lowest BCUT2D eigenvalue weighted by molar-refractivity contribution is 0.0769. The molecule has 3 heteroatoms. The van der Waals surface area contributed by atoms with E-state index in [-0.39, 0.29) is 0 Å². The molecule has 1 saturated carbocycles. The molecule has 0 spiro atoms. The maximum atomic E-state index is 5.52. The lowest BCUT2D eigenvalue weighted by Gasteiger charge is -2.26. The Hall–Kier alpha value is -0.120. The first-order chi connectivity index (χ1) is 8.59. The molecule has 0 atom stereocenters. The standard InChI is InChI=1S/C15H32N2O/c1-13(2)17(12-15-6-7-15)10-9-16-8-5-11-18-14(3)4/h13-16H,5-12H2,1-4H3. The third kappa shape index (κ3) is 8.06. The largest absolute Gasteiger partial charge is 0.379 e. The second-order valence-electron chi connectivity index (χ2n) is 6.06. The zero-order valence-electron chi connectivity index (χ0n) is 12.7. The van der Waals surface area contributed by atoms with Crippen molar-refractivity contribution in [3.8, 4) is 0 Å². The quantitative estimate of drug-likeness (QED) is 0.575. The molecule has 0 amide bonds. The number of hydrogen-bond acceptors (Lipinski definition) is 3. The highest BCUT2D eigenvalue weighted by Crippen LogP contribution is 2.30. The molecule has 1 fully saturated rings.